The molecular formula is C21H21ClN4O4S. The fraction of sp³-hybridized carbons (Fsp3) is 0.238. The topological polar surface area (TPSA) is 88.0 Å². The fourth-order valence-electron chi connectivity index (χ4n) is 3.13. The van der Waals surface area contributed by atoms with Crippen LogP contribution in [0.3, 0.4) is 0 Å². The molecule has 1 fully saturated rings. The Kier molecular flexibility index (Phi) is 7.43. The number of nitrogens with zero attached hydrogens (tertiary/aromatic N) is 3. The number of thiocarbonyl (C=S) groups is 1. The number of carbonyl (C=O) groups is 1. The molecule has 2 aromatic carbocycles. The van der Waals surface area contributed by atoms with Crippen LogP contribution in [0.5, 0.6) is 5.75 Å². The summed E-state index contributed by atoms with van der Waals surface area (Å²) < 4.78 is 5.11. The summed E-state index contributed by atoms with van der Waals surface area (Å²) in [5, 5.41) is 14.3. The number of anilines is 1. The van der Waals surface area contributed by atoms with E-state index in [4.69, 9.17) is 28.6 Å². The lowest BCUT2D eigenvalue weighted by Gasteiger charge is -2.37. The molecule has 0 radical (unpaired) electrons. The van der Waals surface area contributed by atoms with Gasteiger partial charge in [0.15, 0.2) is 5.11 Å². The first-order valence-electron chi connectivity index (χ1n) is 9.48. The molecule has 0 saturated carbocycles. The van der Waals surface area contributed by atoms with Crippen molar-refractivity contribution in [1.29, 1.82) is 0 Å². The van der Waals surface area contributed by atoms with Gasteiger partial charge in [-0.1, -0.05) is 23.7 Å². The molecule has 1 N–H and O–H groups in total. The van der Waals surface area contributed by atoms with Crippen LogP contribution in [0.2, 0.25) is 5.02 Å². The van der Waals surface area contributed by atoms with Crippen molar-refractivity contribution >= 4 is 52.3 Å². The van der Waals surface area contributed by atoms with Gasteiger partial charge in [-0.05, 0) is 42.1 Å². The Hall–Kier alpha value is -3.17. The molecule has 0 aliphatic carbocycles. The van der Waals surface area contributed by atoms with Gasteiger partial charge in [0, 0.05) is 44.4 Å². The molecule has 1 aliphatic rings. The van der Waals surface area contributed by atoms with Crippen LogP contribution in [-0.4, -0.2) is 54.1 Å². The summed E-state index contributed by atoms with van der Waals surface area (Å²) in [6.45, 7) is 2.42. The molecule has 0 aromatic heterocycles. The number of methoxy groups -OCH3 is 1. The average Bonchev–Trinajstić information content (AvgIpc) is 2.78. The number of amides is 1. The zero-order chi connectivity index (χ0) is 22.4. The van der Waals surface area contributed by atoms with E-state index >= 15 is 0 Å². The number of hydrogen-bond acceptors (Lipinski definition) is 6. The van der Waals surface area contributed by atoms with Crippen LogP contribution in [-0.2, 0) is 4.79 Å². The van der Waals surface area contributed by atoms with Crippen molar-refractivity contribution in [2.45, 2.75) is 0 Å². The largest absolute Gasteiger partial charge is 0.497 e. The Bertz CT molecular complexity index is 1000. The second-order valence-electron chi connectivity index (χ2n) is 6.77. The highest BCUT2D eigenvalue weighted by atomic mass is 35.5. The number of nitrogens with one attached hydrogen (secondary N) is 1. The van der Waals surface area contributed by atoms with Crippen LogP contribution >= 0.6 is 23.8 Å². The SMILES string of the molecule is COc1ccc(/C=C/C(=O)NC(=S)N2CCN(c3ccc([N+](=O)[O-])cc3Cl)CC2)cc1. The number of ether oxygens (including phenoxy) is 1. The van der Waals surface area contributed by atoms with E-state index in [2.05, 4.69) is 5.32 Å². The summed E-state index contributed by atoms with van der Waals surface area (Å²) in [4.78, 5) is 26.5. The van der Waals surface area contributed by atoms with E-state index in [0.717, 1.165) is 17.0 Å². The smallest absolute Gasteiger partial charge is 0.271 e. The minimum Gasteiger partial charge on any atom is -0.497 e. The van der Waals surface area contributed by atoms with E-state index in [1.807, 2.05) is 34.1 Å². The monoisotopic (exact) mass is 460 g/mol. The zero-order valence-corrected chi connectivity index (χ0v) is 18.4. The molecule has 31 heavy (non-hydrogen) atoms. The average molecular weight is 461 g/mol. The molecule has 0 unspecified atom stereocenters. The molecule has 162 valence electrons. The summed E-state index contributed by atoms with van der Waals surface area (Å²) in [5.74, 6) is 0.443. The van der Waals surface area contributed by atoms with Crippen LogP contribution in [0.25, 0.3) is 6.08 Å². The van der Waals surface area contributed by atoms with E-state index < -0.39 is 4.92 Å². The highest BCUT2D eigenvalue weighted by molar-refractivity contribution is 7.80. The Labute approximate surface area is 190 Å². The van der Waals surface area contributed by atoms with Gasteiger partial charge in [-0.2, -0.15) is 0 Å². The number of halogens is 1. The molecule has 1 amide bonds. The van der Waals surface area contributed by atoms with Crippen molar-refractivity contribution in [3.8, 4) is 5.75 Å². The minimum absolute atomic E-state index is 0.0426. The van der Waals surface area contributed by atoms with Crippen LogP contribution in [0.15, 0.2) is 48.5 Å². The molecule has 3 rings (SSSR count). The Balaban J connectivity index is 1.51. The van der Waals surface area contributed by atoms with Gasteiger partial charge in [-0.3, -0.25) is 20.2 Å². The van der Waals surface area contributed by atoms with Gasteiger partial charge < -0.3 is 14.5 Å². The predicted molar refractivity (Wildman–Crippen MR) is 125 cm³/mol. The van der Waals surface area contributed by atoms with E-state index in [9.17, 15) is 14.9 Å². The first-order valence-corrected chi connectivity index (χ1v) is 10.3. The van der Waals surface area contributed by atoms with Crippen molar-refractivity contribution < 1.29 is 14.5 Å². The van der Waals surface area contributed by atoms with Crippen LogP contribution in [0.1, 0.15) is 5.56 Å². The van der Waals surface area contributed by atoms with Crippen molar-refractivity contribution in [2.24, 2.45) is 0 Å². The summed E-state index contributed by atoms with van der Waals surface area (Å²) in [5.41, 5.74) is 1.57. The van der Waals surface area contributed by atoms with Crippen molar-refractivity contribution in [3.05, 3.63) is 69.2 Å². The van der Waals surface area contributed by atoms with Crippen LogP contribution in [0.4, 0.5) is 11.4 Å². The molecule has 0 bridgehead atoms. The second-order valence-corrected chi connectivity index (χ2v) is 7.56. The number of carbonyl (C=O) groups excluding carboxylic acids is 1. The van der Waals surface area contributed by atoms with E-state index in [0.29, 0.717) is 36.3 Å². The molecule has 0 atom stereocenters. The van der Waals surface area contributed by atoms with E-state index in [-0.39, 0.29) is 11.6 Å². The number of nitro benzene ring substituents is 1. The lowest BCUT2D eigenvalue weighted by Crippen LogP contribution is -2.52. The van der Waals surface area contributed by atoms with Gasteiger partial charge in [0.2, 0.25) is 5.91 Å². The van der Waals surface area contributed by atoms with Crippen molar-refractivity contribution in [2.75, 3.05) is 38.2 Å². The summed E-state index contributed by atoms with van der Waals surface area (Å²) in [6.07, 6.45) is 3.13. The van der Waals surface area contributed by atoms with Gasteiger partial charge in [0.05, 0.1) is 22.7 Å². The number of nitro groups is 1. The molecule has 10 heteroatoms. The first-order chi connectivity index (χ1) is 14.9. The third kappa shape index (κ3) is 5.93. The first kappa shape index (κ1) is 22.5. The molecule has 8 nitrogen and oxygen atoms in total. The number of benzene rings is 2. The lowest BCUT2D eigenvalue weighted by molar-refractivity contribution is -0.384. The second kappa shape index (κ2) is 10.2. The quantitative estimate of drug-likeness (QED) is 0.316. The van der Waals surface area contributed by atoms with Gasteiger partial charge in [0.1, 0.15) is 5.75 Å². The number of rotatable bonds is 5. The maximum atomic E-state index is 12.2. The molecule has 2 aromatic rings. The summed E-state index contributed by atoms with van der Waals surface area (Å²) >= 11 is 11.6. The van der Waals surface area contributed by atoms with Gasteiger partial charge in [0.25, 0.3) is 5.69 Å². The van der Waals surface area contributed by atoms with Gasteiger partial charge in [-0.15, -0.1) is 0 Å². The van der Waals surface area contributed by atoms with Crippen molar-refractivity contribution in [3.63, 3.8) is 0 Å². The van der Waals surface area contributed by atoms with E-state index in [1.54, 1.807) is 19.3 Å². The van der Waals surface area contributed by atoms with Gasteiger partial charge in [-0.25, -0.2) is 0 Å². The molecule has 1 saturated heterocycles. The predicted octanol–water partition coefficient (Wildman–Crippen LogP) is 3.49. The van der Waals surface area contributed by atoms with Gasteiger partial charge >= 0.3 is 0 Å². The standard InChI is InChI=1S/C21H21ClN4O4S/c1-30-17-6-2-15(3-7-17)4-9-20(27)23-21(31)25-12-10-24(11-13-25)19-8-5-16(26(28)29)14-18(19)22/h2-9,14H,10-13H2,1H3,(H,23,27,31)/b9-4+. The zero-order valence-electron chi connectivity index (χ0n) is 16.8. The molecule has 1 heterocycles. The highest BCUT2D eigenvalue weighted by Gasteiger charge is 2.22. The van der Waals surface area contributed by atoms with Crippen LogP contribution < -0.4 is 15.0 Å². The lowest BCUT2D eigenvalue weighted by atomic mass is 10.2. The summed E-state index contributed by atoms with van der Waals surface area (Å²) in [6, 6.07) is 11.8. The summed E-state index contributed by atoms with van der Waals surface area (Å²) in [7, 11) is 1.60. The maximum Gasteiger partial charge on any atom is 0.271 e. The third-order valence-electron chi connectivity index (χ3n) is 4.82. The molecule has 0 spiro atoms. The highest BCUT2D eigenvalue weighted by Crippen LogP contribution is 2.30. The third-order valence-corrected chi connectivity index (χ3v) is 5.49. The Morgan fingerprint density at radius 3 is 2.45 bits per heavy atom. The van der Waals surface area contributed by atoms with E-state index in [1.165, 1.54) is 18.2 Å². The molecule has 1 aliphatic heterocycles. The Morgan fingerprint density at radius 2 is 1.87 bits per heavy atom. The number of non-ortho nitro benzene ring substituents is 1. The Morgan fingerprint density at radius 1 is 1.19 bits per heavy atom. The van der Waals surface area contributed by atoms with Crippen molar-refractivity contribution in [1.82, 2.24) is 10.2 Å². The maximum absolute atomic E-state index is 12.2. The van der Waals surface area contributed by atoms with Crippen LogP contribution in [0, 0.1) is 10.1 Å². The fourth-order valence-corrected chi connectivity index (χ4v) is 3.71. The number of hydrogen-bond donors (Lipinski definition) is 1. The normalized spacial score (nSPS) is 13.9. The molecular weight excluding hydrogens is 440 g/mol. The number of piperazine rings is 1. The minimum atomic E-state index is -0.474.